The molecule has 0 radical (unpaired) electrons. The van der Waals surface area contributed by atoms with Crippen molar-refractivity contribution >= 4 is 29.1 Å². The summed E-state index contributed by atoms with van der Waals surface area (Å²) in [6, 6.07) is 11.2. The molecule has 3 N–H and O–H groups in total. The molecule has 148 valence electrons. The number of hydrogen-bond acceptors (Lipinski definition) is 4. The predicted molar refractivity (Wildman–Crippen MR) is 112 cm³/mol. The van der Waals surface area contributed by atoms with Crippen molar-refractivity contribution in [2.75, 3.05) is 35.7 Å². The molecule has 28 heavy (non-hydrogen) atoms. The lowest BCUT2D eigenvalue weighted by molar-refractivity contribution is -0.125. The van der Waals surface area contributed by atoms with Gasteiger partial charge in [-0.1, -0.05) is 19.1 Å². The van der Waals surface area contributed by atoms with Crippen molar-refractivity contribution in [3.8, 4) is 0 Å². The summed E-state index contributed by atoms with van der Waals surface area (Å²) in [5, 5.41) is 8.33. The zero-order valence-electron chi connectivity index (χ0n) is 16.4. The molecule has 0 spiro atoms. The molecule has 3 rings (SSSR count). The Morgan fingerprint density at radius 1 is 1.04 bits per heavy atom. The van der Waals surface area contributed by atoms with E-state index in [0.29, 0.717) is 5.69 Å². The van der Waals surface area contributed by atoms with Crippen LogP contribution in [0.2, 0.25) is 0 Å². The Balaban J connectivity index is 1.51. The molecular weight excluding hydrogens is 354 g/mol. The molecule has 1 aromatic heterocycles. The summed E-state index contributed by atoms with van der Waals surface area (Å²) in [6.07, 6.45) is 4.26. The van der Waals surface area contributed by atoms with E-state index in [-0.39, 0.29) is 17.9 Å². The molecule has 1 fully saturated rings. The highest BCUT2D eigenvalue weighted by Gasteiger charge is 2.24. The first-order valence-corrected chi connectivity index (χ1v) is 9.68. The molecule has 7 nitrogen and oxygen atoms in total. The van der Waals surface area contributed by atoms with Gasteiger partial charge in [0.2, 0.25) is 5.91 Å². The normalized spacial score (nSPS) is 14.4. The Morgan fingerprint density at radius 3 is 2.25 bits per heavy atom. The smallest absolute Gasteiger partial charge is 0.323 e. The zero-order chi connectivity index (χ0) is 19.9. The number of urea groups is 1. The fourth-order valence-electron chi connectivity index (χ4n) is 3.34. The van der Waals surface area contributed by atoms with E-state index >= 15 is 0 Å². The second-order valence-electron chi connectivity index (χ2n) is 6.91. The average Bonchev–Trinajstić information content (AvgIpc) is 2.74. The summed E-state index contributed by atoms with van der Waals surface area (Å²) in [7, 11) is 1.68. The van der Waals surface area contributed by atoms with E-state index in [9.17, 15) is 9.59 Å². The molecule has 3 amide bonds. The van der Waals surface area contributed by atoms with Crippen molar-refractivity contribution < 1.29 is 9.59 Å². The number of pyridine rings is 1. The largest absolute Gasteiger partial charge is 0.359 e. The minimum atomic E-state index is -0.301. The van der Waals surface area contributed by atoms with Crippen LogP contribution >= 0.6 is 0 Å². The van der Waals surface area contributed by atoms with Crippen molar-refractivity contribution in [2.24, 2.45) is 5.92 Å². The average molecular weight is 381 g/mol. The second-order valence-corrected chi connectivity index (χ2v) is 6.91. The quantitative estimate of drug-likeness (QED) is 0.742. The number of rotatable bonds is 5. The van der Waals surface area contributed by atoms with Gasteiger partial charge in [0.25, 0.3) is 0 Å². The maximum absolute atomic E-state index is 12.2. The fraction of sp³-hybridized carbons (Fsp3) is 0.381. The number of carbonyl (C=O) groups is 2. The number of nitrogens with zero attached hydrogens (tertiary/aromatic N) is 2. The highest BCUT2D eigenvalue weighted by atomic mass is 16.2. The van der Waals surface area contributed by atoms with Crippen molar-refractivity contribution in [3.05, 3.63) is 48.2 Å². The summed E-state index contributed by atoms with van der Waals surface area (Å²) in [4.78, 5) is 30.5. The van der Waals surface area contributed by atoms with Gasteiger partial charge >= 0.3 is 6.03 Å². The van der Waals surface area contributed by atoms with E-state index in [1.54, 1.807) is 13.2 Å². The van der Waals surface area contributed by atoms with Gasteiger partial charge in [0, 0.05) is 31.7 Å². The molecule has 2 aromatic rings. The Bertz CT molecular complexity index is 797. The van der Waals surface area contributed by atoms with Crippen LogP contribution in [0.1, 0.15) is 25.3 Å². The lowest BCUT2D eigenvalue weighted by Crippen LogP contribution is -2.39. The van der Waals surface area contributed by atoms with Crippen LogP contribution in [-0.2, 0) is 11.2 Å². The first-order chi connectivity index (χ1) is 13.6. The fourth-order valence-corrected chi connectivity index (χ4v) is 3.34. The number of aryl methyl sites for hydroxylation is 1. The molecule has 1 aliphatic rings. The molecule has 1 aromatic carbocycles. The van der Waals surface area contributed by atoms with Crippen LogP contribution < -0.4 is 20.9 Å². The number of hydrogen-bond donors (Lipinski definition) is 3. The number of carbonyl (C=O) groups excluding carboxylic acids is 2. The lowest BCUT2D eigenvalue weighted by Gasteiger charge is -2.32. The van der Waals surface area contributed by atoms with Crippen LogP contribution in [0.5, 0.6) is 0 Å². The van der Waals surface area contributed by atoms with E-state index in [0.717, 1.165) is 43.9 Å². The van der Waals surface area contributed by atoms with Gasteiger partial charge in [-0.3, -0.25) is 4.79 Å². The molecule has 1 aliphatic heterocycles. The number of benzene rings is 1. The van der Waals surface area contributed by atoms with E-state index in [2.05, 4.69) is 32.8 Å². The number of anilines is 3. The summed E-state index contributed by atoms with van der Waals surface area (Å²) in [5.74, 6) is 1.05. The minimum Gasteiger partial charge on any atom is -0.359 e. The topological polar surface area (TPSA) is 86.4 Å². The molecule has 0 bridgehead atoms. The van der Waals surface area contributed by atoms with Gasteiger partial charge in [0.15, 0.2) is 0 Å². The third-order valence-electron chi connectivity index (χ3n) is 5.06. The molecule has 0 saturated carbocycles. The van der Waals surface area contributed by atoms with Gasteiger partial charge in [0.05, 0.1) is 11.9 Å². The zero-order valence-corrected chi connectivity index (χ0v) is 16.4. The molecule has 2 heterocycles. The van der Waals surface area contributed by atoms with Gasteiger partial charge in [-0.05, 0) is 49.1 Å². The van der Waals surface area contributed by atoms with Crippen molar-refractivity contribution in [2.45, 2.75) is 26.2 Å². The molecular formula is C21H27N5O2. The van der Waals surface area contributed by atoms with Crippen LogP contribution in [0.25, 0.3) is 0 Å². The molecule has 0 unspecified atom stereocenters. The molecule has 0 aliphatic carbocycles. The van der Waals surface area contributed by atoms with Gasteiger partial charge < -0.3 is 20.9 Å². The Kier molecular flexibility index (Phi) is 6.47. The van der Waals surface area contributed by atoms with Gasteiger partial charge in [-0.15, -0.1) is 0 Å². The summed E-state index contributed by atoms with van der Waals surface area (Å²) in [6.45, 7) is 3.69. The number of amides is 3. The van der Waals surface area contributed by atoms with Crippen molar-refractivity contribution in [3.63, 3.8) is 0 Å². The van der Waals surface area contributed by atoms with E-state index < -0.39 is 0 Å². The predicted octanol–water partition coefficient (Wildman–Crippen LogP) is 3.25. The standard InChI is InChI=1S/C21H27N5O2/c1-3-15-4-6-17(7-5-15)24-21(28)25-18-8-9-19(23-14-18)26-12-10-16(11-13-26)20(27)22-2/h4-9,14,16H,3,10-13H2,1-2H3,(H,22,27)(H2,24,25,28). The van der Waals surface area contributed by atoms with Crippen molar-refractivity contribution in [1.82, 2.24) is 10.3 Å². The maximum atomic E-state index is 12.2. The molecule has 0 atom stereocenters. The summed E-state index contributed by atoms with van der Waals surface area (Å²) < 4.78 is 0. The Morgan fingerprint density at radius 2 is 1.68 bits per heavy atom. The summed E-state index contributed by atoms with van der Waals surface area (Å²) >= 11 is 0. The SMILES string of the molecule is CCc1ccc(NC(=O)Nc2ccc(N3CCC(C(=O)NC)CC3)nc2)cc1. The lowest BCUT2D eigenvalue weighted by atomic mass is 9.96. The van der Waals surface area contributed by atoms with Crippen LogP contribution in [0, 0.1) is 5.92 Å². The van der Waals surface area contributed by atoms with Crippen molar-refractivity contribution in [1.29, 1.82) is 0 Å². The molecule has 7 heteroatoms. The highest BCUT2D eigenvalue weighted by molar-refractivity contribution is 5.99. The Labute approximate surface area is 165 Å². The number of piperidine rings is 1. The van der Waals surface area contributed by atoms with Gasteiger partial charge in [0.1, 0.15) is 5.82 Å². The summed E-state index contributed by atoms with van der Waals surface area (Å²) in [5.41, 5.74) is 2.61. The van der Waals surface area contributed by atoms with Crippen LogP contribution in [0.4, 0.5) is 22.0 Å². The van der Waals surface area contributed by atoms with E-state index in [1.807, 2.05) is 36.4 Å². The monoisotopic (exact) mass is 381 g/mol. The van der Waals surface area contributed by atoms with Gasteiger partial charge in [-0.25, -0.2) is 9.78 Å². The third kappa shape index (κ3) is 5.00. The Hall–Kier alpha value is -3.09. The number of aromatic nitrogens is 1. The van der Waals surface area contributed by atoms with Crippen LogP contribution in [-0.4, -0.2) is 37.1 Å². The minimum absolute atomic E-state index is 0.0808. The second kappa shape index (κ2) is 9.21. The van der Waals surface area contributed by atoms with E-state index in [4.69, 9.17) is 0 Å². The first-order valence-electron chi connectivity index (χ1n) is 9.68. The van der Waals surface area contributed by atoms with E-state index in [1.165, 1.54) is 5.56 Å². The van der Waals surface area contributed by atoms with Crippen LogP contribution in [0.3, 0.4) is 0 Å². The first kappa shape index (κ1) is 19.7. The highest BCUT2D eigenvalue weighted by Crippen LogP contribution is 2.23. The van der Waals surface area contributed by atoms with Crippen LogP contribution in [0.15, 0.2) is 42.6 Å². The van der Waals surface area contributed by atoms with Gasteiger partial charge in [-0.2, -0.15) is 0 Å². The third-order valence-corrected chi connectivity index (χ3v) is 5.06. The molecule has 1 saturated heterocycles. The number of nitrogens with one attached hydrogen (secondary N) is 3. The maximum Gasteiger partial charge on any atom is 0.323 e.